The minimum Gasteiger partial charge on any atom is -0.384 e. The van der Waals surface area contributed by atoms with Gasteiger partial charge in [-0.1, -0.05) is 6.07 Å². The van der Waals surface area contributed by atoms with Crippen molar-refractivity contribution >= 4 is 28.1 Å². The lowest BCUT2D eigenvalue weighted by Gasteiger charge is -2.08. The third-order valence-corrected chi connectivity index (χ3v) is 2.78. The van der Waals surface area contributed by atoms with Gasteiger partial charge in [-0.2, -0.15) is 0 Å². The van der Waals surface area contributed by atoms with Gasteiger partial charge in [-0.25, -0.2) is 9.97 Å². The van der Waals surface area contributed by atoms with Crippen LogP contribution in [0.15, 0.2) is 40.2 Å². The second kappa shape index (κ2) is 4.50. The number of benzene rings is 1. The van der Waals surface area contributed by atoms with Crippen molar-refractivity contribution in [2.75, 3.05) is 11.1 Å². The highest BCUT2D eigenvalue weighted by Gasteiger charge is 2.08. The van der Waals surface area contributed by atoms with Gasteiger partial charge in [0.1, 0.15) is 18.0 Å². The van der Waals surface area contributed by atoms with E-state index in [0.29, 0.717) is 22.7 Å². The fourth-order valence-corrected chi connectivity index (χ4v) is 1.91. The van der Waals surface area contributed by atoms with Crippen LogP contribution in [-0.4, -0.2) is 20.2 Å². The fraction of sp³-hybridized carbons (Fsp3) is 0. The molecule has 1 aromatic carbocycles. The average Bonchev–Trinajstić information content (AvgIpc) is 2.43. The van der Waals surface area contributed by atoms with Crippen molar-refractivity contribution in [1.29, 1.82) is 0 Å². The lowest BCUT2D eigenvalue weighted by atomic mass is 10.1. The molecule has 0 atom stereocenters. The van der Waals surface area contributed by atoms with E-state index in [0.717, 1.165) is 0 Å². The normalized spacial score (nSPS) is 10.6. The number of nitrogens with one attached hydrogen (secondary N) is 3. The van der Waals surface area contributed by atoms with E-state index in [2.05, 4.69) is 25.5 Å². The molecule has 0 aliphatic heterocycles. The summed E-state index contributed by atoms with van der Waals surface area (Å²) >= 11 is 0. The van der Waals surface area contributed by atoms with E-state index in [4.69, 9.17) is 5.73 Å². The SMILES string of the molecule is Nc1cc(Nc2cccc3c(=O)[nH][nH]c(=O)c23)ncn1. The largest absolute Gasteiger partial charge is 0.384 e. The molecule has 3 rings (SSSR count). The third kappa shape index (κ3) is 1.99. The van der Waals surface area contributed by atoms with Gasteiger partial charge in [0.05, 0.1) is 16.5 Å². The zero-order chi connectivity index (χ0) is 14.1. The molecule has 3 aromatic rings. The maximum Gasteiger partial charge on any atom is 0.272 e. The number of aromatic nitrogens is 4. The summed E-state index contributed by atoms with van der Waals surface area (Å²) in [6, 6.07) is 6.45. The minimum atomic E-state index is -0.398. The molecule has 20 heavy (non-hydrogen) atoms. The molecule has 0 radical (unpaired) electrons. The summed E-state index contributed by atoms with van der Waals surface area (Å²) in [6.07, 6.45) is 1.31. The van der Waals surface area contributed by atoms with Crippen molar-refractivity contribution in [3.8, 4) is 0 Å². The second-order valence-corrected chi connectivity index (χ2v) is 4.09. The summed E-state index contributed by atoms with van der Waals surface area (Å²) in [7, 11) is 0. The highest BCUT2D eigenvalue weighted by atomic mass is 16.1. The maximum absolute atomic E-state index is 11.9. The van der Waals surface area contributed by atoms with Crippen molar-refractivity contribution in [2.45, 2.75) is 0 Å². The smallest absolute Gasteiger partial charge is 0.272 e. The molecule has 100 valence electrons. The highest BCUT2D eigenvalue weighted by Crippen LogP contribution is 2.20. The summed E-state index contributed by atoms with van der Waals surface area (Å²) < 4.78 is 0. The Morgan fingerprint density at radius 1 is 1.10 bits per heavy atom. The molecule has 8 nitrogen and oxygen atoms in total. The molecule has 5 N–H and O–H groups in total. The Bertz CT molecular complexity index is 898. The van der Waals surface area contributed by atoms with Crippen LogP contribution in [0.25, 0.3) is 10.8 Å². The van der Waals surface area contributed by atoms with Gasteiger partial charge in [0.2, 0.25) is 0 Å². The lowest BCUT2D eigenvalue weighted by Crippen LogP contribution is -2.19. The monoisotopic (exact) mass is 270 g/mol. The van der Waals surface area contributed by atoms with E-state index < -0.39 is 5.56 Å². The van der Waals surface area contributed by atoms with Crippen LogP contribution in [0.5, 0.6) is 0 Å². The summed E-state index contributed by atoms with van der Waals surface area (Å²) in [5.41, 5.74) is 5.26. The number of nitrogen functional groups attached to an aromatic ring is 1. The molecule has 0 aliphatic rings. The number of nitrogens with zero attached hydrogens (tertiary/aromatic N) is 2. The Morgan fingerprint density at radius 2 is 1.90 bits per heavy atom. The van der Waals surface area contributed by atoms with Crippen LogP contribution in [0.2, 0.25) is 0 Å². The quantitative estimate of drug-likeness (QED) is 0.531. The number of fused-ring (bicyclic) bond motifs is 1. The minimum absolute atomic E-state index is 0.258. The molecule has 0 spiro atoms. The van der Waals surface area contributed by atoms with Crippen LogP contribution in [0.4, 0.5) is 17.3 Å². The second-order valence-electron chi connectivity index (χ2n) is 4.09. The molecular formula is C12H10N6O2. The van der Waals surface area contributed by atoms with E-state index in [1.807, 2.05) is 0 Å². The standard InChI is InChI=1S/C12H10N6O2/c13-8-4-9(15-5-14-8)16-7-3-1-2-6-10(7)12(20)18-17-11(6)19/h1-5H,(H,17,19)(H,18,20)(H3,13,14,15,16). The van der Waals surface area contributed by atoms with Gasteiger partial charge in [-0.3, -0.25) is 19.8 Å². The lowest BCUT2D eigenvalue weighted by molar-refractivity contribution is 0.977. The highest BCUT2D eigenvalue weighted by molar-refractivity contribution is 5.93. The van der Waals surface area contributed by atoms with Crippen molar-refractivity contribution < 1.29 is 0 Å². The van der Waals surface area contributed by atoms with Crippen LogP contribution in [0, 0.1) is 0 Å². The maximum atomic E-state index is 11.9. The van der Waals surface area contributed by atoms with Crippen molar-refractivity contribution in [2.24, 2.45) is 0 Å². The number of hydrogen-bond donors (Lipinski definition) is 4. The Morgan fingerprint density at radius 3 is 2.70 bits per heavy atom. The number of anilines is 3. The molecule has 0 saturated heterocycles. The Labute approximate surface area is 111 Å². The van der Waals surface area contributed by atoms with Crippen LogP contribution in [-0.2, 0) is 0 Å². The Hall–Kier alpha value is -3.16. The average molecular weight is 270 g/mol. The molecule has 0 unspecified atom stereocenters. The van der Waals surface area contributed by atoms with Gasteiger partial charge in [-0.05, 0) is 12.1 Å². The number of aromatic amines is 2. The summed E-state index contributed by atoms with van der Waals surface area (Å²) in [4.78, 5) is 31.3. The van der Waals surface area contributed by atoms with E-state index in [1.54, 1.807) is 18.2 Å². The van der Waals surface area contributed by atoms with Gasteiger partial charge in [0, 0.05) is 6.07 Å². The number of hydrogen-bond acceptors (Lipinski definition) is 6. The number of H-pyrrole nitrogens is 2. The molecule has 0 bridgehead atoms. The summed E-state index contributed by atoms with van der Waals surface area (Å²) in [6.45, 7) is 0. The predicted molar refractivity (Wildman–Crippen MR) is 74.9 cm³/mol. The predicted octanol–water partition coefficient (Wildman–Crippen LogP) is 0.332. The number of rotatable bonds is 2. The molecule has 0 aliphatic carbocycles. The molecule has 2 aromatic heterocycles. The first-order valence-corrected chi connectivity index (χ1v) is 5.73. The van der Waals surface area contributed by atoms with Gasteiger partial charge in [-0.15, -0.1) is 0 Å². The molecule has 0 fully saturated rings. The first kappa shape index (κ1) is 11.9. The van der Waals surface area contributed by atoms with Crippen LogP contribution in [0.3, 0.4) is 0 Å². The summed E-state index contributed by atoms with van der Waals surface area (Å²) in [5, 5.41) is 8.07. The Balaban J connectivity index is 2.20. The van der Waals surface area contributed by atoms with Crippen LogP contribution in [0.1, 0.15) is 0 Å². The van der Waals surface area contributed by atoms with Crippen molar-refractivity contribution in [1.82, 2.24) is 20.2 Å². The first-order chi connectivity index (χ1) is 9.65. The van der Waals surface area contributed by atoms with Gasteiger partial charge in [0.25, 0.3) is 11.1 Å². The summed E-state index contributed by atoms with van der Waals surface area (Å²) in [5.74, 6) is 0.735. The molecular weight excluding hydrogens is 260 g/mol. The van der Waals surface area contributed by atoms with E-state index in [9.17, 15) is 9.59 Å². The zero-order valence-electron chi connectivity index (χ0n) is 10.2. The third-order valence-electron chi connectivity index (χ3n) is 2.78. The van der Waals surface area contributed by atoms with Crippen LogP contribution < -0.4 is 22.2 Å². The number of nitrogens with two attached hydrogens (primary N) is 1. The van der Waals surface area contributed by atoms with E-state index in [1.165, 1.54) is 12.4 Å². The molecule has 0 saturated carbocycles. The molecule has 8 heteroatoms. The van der Waals surface area contributed by atoms with E-state index >= 15 is 0 Å². The Kier molecular flexibility index (Phi) is 2.68. The zero-order valence-corrected chi connectivity index (χ0v) is 10.2. The molecule has 0 amide bonds. The van der Waals surface area contributed by atoms with Crippen molar-refractivity contribution in [3.05, 3.63) is 51.3 Å². The first-order valence-electron chi connectivity index (χ1n) is 5.73. The van der Waals surface area contributed by atoms with Gasteiger partial charge < -0.3 is 11.1 Å². The van der Waals surface area contributed by atoms with E-state index in [-0.39, 0.29) is 10.9 Å². The van der Waals surface area contributed by atoms with Gasteiger partial charge >= 0.3 is 0 Å². The fourth-order valence-electron chi connectivity index (χ4n) is 1.91. The van der Waals surface area contributed by atoms with Gasteiger partial charge in [0.15, 0.2) is 0 Å². The van der Waals surface area contributed by atoms with Crippen molar-refractivity contribution in [3.63, 3.8) is 0 Å². The topological polar surface area (TPSA) is 130 Å². The molecule has 2 heterocycles. The van der Waals surface area contributed by atoms with Crippen LogP contribution >= 0.6 is 0 Å².